The lowest BCUT2D eigenvalue weighted by Gasteiger charge is -2.24. The highest BCUT2D eigenvalue weighted by molar-refractivity contribution is 6.01. The highest BCUT2D eigenvalue weighted by Gasteiger charge is 2.36. The number of H-pyrrole nitrogens is 1. The molecular formula is C28H35F2N5O6. The van der Waals surface area contributed by atoms with Gasteiger partial charge < -0.3 is 31.4 Å². The summed E-state index contributed by atoms with van der Waals surface area (Å²) in [6, 6.07) is -0.0834. The number of benzene rings is 1. The van der Waals surface area contributed by atoms with Crippen LogP contribution in [0.4, 0.5) is 8.78 Å². The van der Waals surface area contributed by atoms with Gasteiger partial charge >= 0.3 is 5.97 Å². The van der Waals surface area contributed by atoms with Crippen LogP contribution in [0.15, 0.2) is 18.2 Å². The van der Waals surface area contributed by atoms with Gasteiger partial charge in [-0.2, -0.15) is 0 Å². The zero-order valence-corrected chi connectivity index (χ0v) is 22.9. The summed E-state index contributed by atoms with van der Waals surface area (Å²) in [5, 5.41) is 8.13. The first kappa shape index (κ1) is 30.1. The number of Topliss-reactive ketones (excluding diaryl/α,β-unsaturated/α-hetero) is 1. The van der Waals surface area contributed by atoms with Crippen molar-refractivity contribution in [2.45, 2.75) is 64.1 Å². The van der Waals surface area contributed by atoms with E-state index in [4.69, 9.17) is 10.5 Å². The molecule has 4 atom stereocenters. The molecule has 4 rings (SSSR count). The third-order valence-corrected chi connectivity index (χ3v) is 7.51. The Kier molecular flexibility index (Phi) is 9.36. The number of ketones is 1. The molecule has 1 saturated carbocycles. The molecule has 0 bridgehead atoms. The molecule has 2 aliphatic rings. The highest BCUT2D eigenvalue weighted by atomic mass is 19.1. The first-order valence-electron chi connectivity index (χ1n) is 13.7. The molecule has 0 unspecified atom stereocenters. The van der Waals surface area contributed by atoms with E-state index in [1.807, 2.05) is 0 Å². The maximum Gasteiger partial charge on any atom is 0.323 e. The van der Waals surface area contributed by atoms with Crippen LogP contribution in [0.5, 0.6) is 0 Å². The van der Waals surface area contributed by atoms with E-state index in [0.717, 1.165) is 18.9 Å². The number of hydrogen-bond donors (Lipinski definition) is 5. The van der Waals surface area contributed by atoms with Gasteiger partial charge in [0, 0.05) is 23.9 Å². The third kappa shape index (κ3) is 7.66. The molecule has 0 radical (unpaired) electrons. The Bertz CT molecular complexity index is 1340. The number of fused-ring (bicyclic) bond motifs is 1. The molecule has 2 aromatic rings. The van der Waals surface area contributed by atoms with Crippen molar-refractivity contribution < 1.29 is 37.5 Å². The van der Waals surface area contributed by atoms with Crippen LogP contribution in [-0.2, 0) is 23.9 Å². The van der Waals surface area contributed by atoms with E-state index in [2.05, 4.69) is 20.9 Å². The standard InChI is InChI=1S/C28H35F2N5O6/c1-13(2)23(31)28(40)41-12-22(36)19(9-15-5-6-32-25(15)37)34-26(38)20(7-14-3-4-14)35-27(39)21-10-16-8-17(29)11-18(30)24(16)33-21/h8,10-11,13-15,19-20,23,33H,3-7,9,12,31H2,1-2H3,(H,32,37)(H,34,38)(H,35,39)/t15-,19-,20-,23-/m0/s1. The predicted octanol–water partition coefficient (Wildman–Crippen LogP) is 1.45. The molecule has 6 N–H and O–H groups in total. The first-order valence-corrected chi connectivity index (χ1v) is 13.7. The molecule has 41 heavy (non-hydrogen) atoms. The monoisotopic (exact) mass is 575 g/mol. The number of hydrogen-bond acceptors (Lipinski definition) is 7. The Balaban J connectivity index is 1.47. The molecule has 1 saturated heterocycles. The zero-order chi connectivity index (χ0) is 29.8. The second-order valence-electron chi connectivity index (χ2n) is 11.2. The van der Waals surface area contributed by atoms with Crippen LogP contribution in [0.2, 0.25) is 0 Å². The van der Waals surface area contributed by atoms with Gasteiger partial charge in [0.1, 0.15) is 29.4 Å². The van der Waals surface area contributed by atoms with E-state index in [0.29, 0.717) is 25.5 Å². The quantitative estimate of drug-likeness (QED) is 0.225. The fourth-order valence-electron chi connectivity index (χ4n) is 4.75. The number of carbonyl (C=O) groups excluding carboxylic acids is 5. The SMILES string of the molecule is CC(C)[C@H](N)C(=O)OCC(=O)[C@H](C[C@@H]1CCNC1=O)NC(=O)[C@H](CC1CC1)NC(=O)c1cc2cc(F)cc(F)c2[nH]1. The normalized spacial score (nSPS) is 19.0. The van der Waals surface area contributed by atoms with E-state index in [9.17, 15) is 32.8 Å². The lowest BCUT2D eigenvalue weighted by atomic mass is 9.95. The van der Waals surface area contributed by atoms with Gasteiger partial charge in [-0.05, 0) is 43.2 Å². The van der Waals surface area contributed by atoms with Crippen molar-refractivity contribution in [3.8, 4) is 0 Å². The van der Waals surface area contributed by atoms with E-state index < -0.39 is 65.9 Å². The van der Waals surface area contributed by atoms with Crippen molar-refractivity contribution in [2.75, 3.05) is 13.2 Å². The minimum atomic E-state index is -1.16. The number of ether oxygens (including phenoxy) is 1. The maximum atomic E-state index is 14.1. The molecule has 2 fully saturated rings. The van der Waals surface area contributed by atoms with Crippen molar-refractivity contribution >= 4 is 40.4 Å². The number of nitrogens with two attached hydrogens (primary N) is 1. The number of aromatic nitrogens is 1. The van der Waals surface area contributed by atoms with Gasteiger partial charge in [-0.25, -0.2) is 8.78 Å². The van der Waals surface area contributed by atoms with Crippen molar-refractivity contribution in [3.63, 3.8) is 0 Å². The second-order valence-corrected chi connectivity index (χ2v) is 11.2. The maximum absolute atomic E-state index is 14.1. The predicted molar refractivity (Wildman–Crippen MR) is 143 cm³/mol. The van der Waals surface area contributed by atoms with Crippen molar-refractivity contribution in [3.05, 3.63) is 35.5 Å². The molecule has 1 aliphatic carbocycles. The number of rotatable bonds is 13. The van der Waals surface area contributed by atoms with Gasteiger partial charge in [0.25, 0.3) is 5.91 Å². The molecule has 1 aliphatic heterocycles. The van der Waals surface area contributed by atoms with E-state index >= 15 is 0 Å². The summed E-state index contributed by atoms with van der Waals surface area (Å²) in [6.07, 6.45) is 2.49. The first-order chi connectivity index (χ1) is 19.4. The van der Waals surface area contributed by atoms with Crippen LogP contribution in [0.3, 0.4) is 0 Å². The highest BCUT2D eigenvalue weighted by Crippen LogP contribution is 2.34. The van der Waals surface area contributed by atoms with Crippen LogP contribution in [0.1, 0.15) is 56.4 Å². The molecule has 0 spiro atoms. The Hall–Kier alpha value is -3.87. The summed E-state index contributed by atoms with van der Waals surface area (Å²) < 4.78 is 32.8. The van der Waals surface area contributed by atoms with Crippen LogP contribution in [0.25, 0.3) is 10.9 Å². The van der Waals surface area contributed by atoms with Crippen LogP contribution in [-0.4, -0.2) is 65.7 Å². The number of halogens is 2. The summed E-state index contributed by atoms with van der Waals surface area (Å²) >= 11 is 0. The summed E-state index contributed by atoms with van der Waals surface area (Å²) in [4.78, 5) is 66.6. The summed E-state index contributed by atoms with van der Waals surface area (Å²) in [7, 11) is 0. The molecule has 222 valence electrons. The topological polar surface area (TPSA) is 172 Å². The third-order valence-electron chi connectivity index (χ3n) is 7.51. The Labute approximate surface area is 235 Å². The largest absolute Gasteiger partial charge is 0.456 e. The minimum absolute atomic E-state index is 0.0128. The number of esters is 1. The smallest absolute Gasteiger partial charge is 0.323 e. The van der Waals surface area contributed by atoms with Crippen LogP contribution >= 0.6 is 0 Å². The van der Waals surface area contributed by atoms with E-state index in [1.165, 1.54) is 6.07 Å². The van der Waals surface area contributed by atoms with E-state index in [1.54, 1.807) is 13.8 Å². The average molecular weight is 576 g/mol. The fourth-order valence-corrected chi connectivity index (χ4v) is 4.75. The number of aromatic amines is 1. The summed E-state index contributed by atoms with van der Waals surface area (Å²) in [6.45, 7) is 3.25. The molecule has 2 heterocycles. The average Bonchev–Trinajstić information content (AvgIpc) is 3.48. The molecule has 11 nitrogen and oxygen atoms in total. The Morgan fingerprint density at radius 1 is 1.05 bits per heavy atom. The number of amides is 3. The van der Waals surface area contributed by atoms with Crippen molar-refractivity contribution in [1.82, 2.24) is 20.9 Å². The van der Waals surface area contributed by atoms with Gasteiger partial charge in [-0.15, -0.1) is 0 Å². The summed E-state index contributed by atoms with van der Waals surface area (Å²) in [5.74, 6) is -5.20. The molecule has 13 heteroatoms. The van der Waals surface area contributed by atoms with Crippen molar-refractivity contribution in [1.29, 1.82) is 0 Å². The van der Waals surface area contributed by atoms with E-state index in [-0.39, 0.29) is 40.8 Å². The van der Waals surface area contributed by atoms with Gasteiger partial charge in [0.05, 0.1) is 11.6 Å². The number of carbonyl (C=O) groups is 5. The van der Waals surface area contributed by atoms with Crippen molar-refractivity contribution in [2.24, 2.45) is 23.5 Å². The lowest BCUT2D eigenvalue weighted by molar-refractivity contribution is -0.151. The number of nitrogens with one attached hydrogen (secondary N) is 4. The summed E-state index contributed by atoms with van der Waals surface area (Å²) in [5.41, 5.74) is 5.67. The lowest BCUT2D eigenvalue weighted by Crippen LogP contribution is -2.53. The molecule has 3 amide bonds. The second kappa shape index (κ2) is 12.8. The fraction of sp³-hybridized carbons (Fsp3) is 0.536. The van der Waals surface area contributed by atoms with Crippen LogP contribution in [0, 0.1) is 29.4 Å². The van der Waals surface area contributed by atoms with Gasteiger partial charge in [0.2, 0.25) is 11.8 Å². The van der Waals surface area contributed by atoms with Gasteiger partial charge in [-0.1, -0.05) is 26.7 Å². The van der Waals surface area contributed by atoms with Gasteiger partial charge in [-0.3, -0.25) is 24.0 Å². The molecular weight excluding hydrogens is 540 g/mol. The molecule has 1 aromatic heterocycles. The Morgan fingerprint density at radius 2 is 1.78 bits per heavy atom. The van der Waals surface area contributed by atoms with Gasteiger partial charge in [0.15, 0.2) is 12.4 Å². The Morgan fingerprint density at radius 3 is 2.41 bits per heavy atom. The van der Waals surface area contributed by atoms with Crippen LogP contribution < -0.4 is 21.7 Å². The zero-order valence-electron chi connectivity index (χ0n) is 22.9. The minimum Gasteiger partial charge on any atom is -0.456 e. The molecule has 1 aromatic carbocycles.